The Bertz CT molecular complexity index is 573. The van der Waals surface area contributed by atoms with E-state index >= 15 is 0 Å². The molecule has 2 aromatic carbocycles. The average Bonchev–Trinajstić information content (AvgIpc) is 2.38. The molecular formula is C16H16Cl2O. The molecule has 0 heterocycles. The first-order valence-electron chi connectivity index (χ1n) is 6.08. The molecule has 0 aliphatic carbocycles. The number of benzene rings is 2. The Hall–Kier alpha value is -1.18. The summed E-state index contributed by atoms with van der Waals surface area (Å²) in [4.78, 5) is 0. The van der Waals surface area contributed by atoms with E-state index in [1.165, 1.54) is 11.1 Å². The van der Waals surface area contributed by atoms with Crippen molar-refractivity contribution in [1.82, 2.24) is 0 Å². The molecule has 0 spiro atoms. The van der Waals surface area contributed by atoms with Gasteiger partial charge >= 0.3 is 0 Å². The van der Waals surface area contributed by atoms with Crippen LogP contribution in [0.4, 0.5) is 0 Å². The average molecular weight is 295 g/mol. The topological polar surface area (TPSA) is 9.23 Å². The maximum Gasteiger partial charge on any atom is 0.137 e. The lowest BCUT2D eigenvalue weighted by Crippen LogP contribution is -1.99. The van der Waals surface area contributed by atoms with E-state index in [2.05, 4.69) is 26.0 Å². The Kier molecular flexibility index (Phi) is 4.38. The smallest absolute Gasteiger partial charge is 0.137 e. The van der Waals surface area contributed by atoms with Crippen molar-refractivity contribution in [2.75, 3.05) is 7.11 Å². The van der Waals surface area contributed by atoms with E-state index in [4.69, 9.17) is 27.9 Å². The molecule has 19 heavy (non-hydrogen) atoms. The van der Waals surface area contributed by atoms with Gasteiger partial charge in [-0.2, -0.15) is 0 Å². The van der Waals surface area contributed by atoms with Crippen molar-refractivity contribution in [1.29, 1.82) is 0 Å². The molecule has 3 heteroatoms. The lowest BCUT2D eigenvalue weighted by Gasteiger charge is -2.17. The van der Waals surface area contributed by atoms with Gasteiger partial charge in [0.15, 0.2) is 0 Å². The van der Waals surface area contributed by atoms with Gasteiger partial charge in [-0.15, -0.1) is 11.6 Å². The van der Waals surface area contributed by atoms with Gasteiger partial charge in [-0.3, -0.25) is 0 Å². The number of halogens is 2. The second-order valence-electron chi connectivity index (χ2n) is 4.56. The summed E-state index contributed by atoms with van der Waals surface area (Å²) >= 11 is 12.8. The Morgan fingerprint density at radius 2 is 1.68 bits per heavy atom. The van der Waals surface area contributed by atoms with Crippen molar-refractivity contribution in [3.8, 4) is 5.75 Å². The first-order chi connectivity index (χ1) is 9.04. The van der Waals surface area contributed by atoms with Crippen LogP contribution in [0.1, 0.15) is 27.6 Å². The summed E-state index contributed by atoms with van der Waals surface area (Å²) in [7, 11) is 1.60. The quantitative estimate of drug-likeness (QED) is 0.699. The van der Waals surface area contributed by atoms with Gasteiger partial charge in [0.2, 0.25) is 0 Å². The normalized spacial score (nSPS) is 12.3. The molecule has 0 aliphatic heterocycles. The molecule has 0 amide bonds. The highest BCUT2D eigenvalue weighted by Gasteiger charge is 2.16. The molecule has 0 radical (unpaired) electrons. The van der Waals surface area contributed by atoms with Crippen LogP contribution >= 0.6 is 23.2 Å². The lowest BCUT2D eigenvalue weighted by molar-refractivity contribution is 0.415. The highest BCUT2D eigenvalue weighted by atomic mass is 35.5. The number of hydrogen-bond donors (Lipinski definition) is 0. The van der Waals surface area contributed by atoms with Gasteiger partial charge in [0.1, 0.15) is 5.75 Å². The Morgan fingerprint density at radius 1 is 1.05 bits per heavy atom. The molecule has 0 aromatic heterocycles. The van der Waals surface area contributed by atoms with Crippen LogP contribution in [0.3, 0.4) is 0 Å². The lowest BCUT2D eigenvalue weighted by atomic mass is 9.95. The number of hydrogen-bond acceptors (Lipinski definition) is 1. The largest absolute Gasteiger partial charge is 0.495 e. The zero-order valence-electron chi connectivity index (χ0n) is 11.2. The monoisotopic (exact) mass is 294 g/mol. The van der Waals surface area contributed by atoms with E-state index in [1.807, 2.05) is 24.3 Å². The Balaban J connectivity index is 2.44. The third kappa shape index (κ3) is 2.88. The van der Waals surface area contributed by atoms with Crippen molar-refractivity contribution in [2.24, 2.45) is 0 Å². The van der Waals surface area contributed by atoms with E-state index in [1.54, 1.807) is 7.11 Å². The highest BCUT2D eigenvalue weighted by Crippen LogP contribution is 2.36. The zero-order valence-corrected chi connectivity index (χ0v) is 12.7. The SMILES string of the molecule is COc1ccc(C(Cl)c2c(C)cccc2C)cc1Cl. The van der Waals surface area contributed by atoms with Gasteiger partial charge in [-0.05, 0) is 48.2 Å². The molecule has 0 saturated carbocycles. The van der Waals surface area contributed by atoms with Gasteiger partial charge in [0.05, 0.1) is 17.5 Å². The second kappa shape index (κ2) is 5.85. The standard InChI is InChI=1S/C16H16Cl2O/c1-10-5-4-6-11(2)15(10)16(18)12-7-8-14(19-3)13(17)9-12/h4-9,16H,1-3H3. The molecule has 0 aliphatic rings. The van der Waals surface area contributed by atoms with Gasteiger partial charge < -0.3 is 4.74 Å². The summed E-state index contributed by atoms with van der Waals surface area (Å²) in [6, 6.07) is 11.9. The summed E-state index contributed by atoms with van der Waals surface area (Å²) < 4.78 is 5.16. The third-order valence-electron chi connectivity index (χ3n) is 3.26. The summed E-state index contributed by atoms with van der Waals surface area (Å²) in [6.07, 6.45) is 0. The zero-order chi connectivity index (χ0) is 14.0. The van der Waals surface area contributed by atoms with Crippen LogP contribution in [0.5, 0.6) is 5.75 Å². The van der Waals surface area contributed by atoms with Crippen molar-refractivity contribution >= 4 is 23.2 Å². The molecule has 1 unspecified atom stereocenters. The van der Waals surface area contributed by atoms with Crippen molar-refractivity contribution in [2.45, 2.75) is 19.2 Å². The van der Waals surface area contributed by atoms with Crippen LogP contribution in [0.15, 0.2) is 36.4 Å². The molecule has 2 rings (SSSR count). The number of methoxy groups -OCH3 is 1. The van der Waals surface area contributed by atoms with Crippen LogP contribution in [0, 0.1) is 13.8 Å². The predicted octanol–water partition coefficient (Wildman–Crippen LogP) is 5.29. The molecule has 0 fully saturated rings. The van der Waals surface area contributed by atoms with E-state index in [9.17, 15) is 0 Å². The third-order valence-corrected chi connectivity index (χ3v) is 4.03. The number of alkyl halides is 1. The first-order valence-corrected chi connectivity index (χ1v) is 6.89. The fraction of sp³-hybridized carbons (Fsp3) is 0.250. The van der Waals surface area contributed by atoms with Gasteiger partial charge in [-0.1, -0.05) is 35.9 Å². The van der Waals surface area contributed by atoms with Crippen LogP contribution in [0.2, 0.25) is 5.02 Å². The number of aryl methyl sites for hydroxylation is 2. The van der Waals surface area contributed by atoms with Crippen LogP contribution in [-0.4, -0.2) is 7.11 Å². The van der Waals surface area contributed by atoms with E-state index < -0.39 is 0 Å². The Labute approximate surface area is 124 Å². The molecule has 0 N–H and O–H groups in total. The Morgan fingerprint density at radius 3 is 2.21 bits per heavy atom. The van der Waals surface area contributed by atoms with Gasteiger partial charge in [0, 0.05) is 0 Å². The summed E-state index contributed by atoms with van der Waals surface area (Å²) in [5, 5.41) is 0.376. The van der Waals surface area contributed by atoms with Crippen molar-refractivity contribution in [3.63, 3.8) is 0 Å². The van der Waals surface area contributed by atoms with Gasteiger partial charge in [-0.25, -0.2) is 0 Å². The molecule has 1 nitrogen and oxygen atoms in total. The maximum atomic E-state index is 6.61. The summed E-state index contributed by atoms with van der Waals surface area (Å²) in [5.41, 5.74) is 4.49. The molecule has 0 bridgehead atoms. The van der Waals surface area contributed by atoms with Crippen LogP contribution in [0.25, 0.3) is 0 Å². The van der Waals surface area contributed by atoms with E-state index in [0.29, 0.717) is 10.8 Å². The van der Waals surface area contributed by atoms with Gasteiger partial charge in [0.25, 0.3) is 0 Å². The van der Waals surface area contributed by atoms with Crippen molar-refractivity contribution < 1.29 is 4.74 Å². The first kappa shape index (κ1) is 14.2. The molecule has 2 aromatic rings. The molecule has 100 valence electrons. The van der Waals surface area contributed by atoms with E-state index in [0.717, 1.165) is 11.1 Å². The molecule has 0 saturated heterocycles. The number of ether oxygens (including phenoxy) is 1. The number of rotatable bonds is 3. The second-order valence-corrected chi connectivity index (χ2v) is 5.41. The van der Waals surface area contributed by atoms with E-state index in [-0.39, 0.29) is 5.38 Å². The van der Waals surface area contributed by atoms with Crippen LogP contribution in [-0.2, 0) is 0 Å². The maximum absolute atomic E-state index is 6.61. The fourth-order valence-electron chi connectivity index (χ4n) is 2.23. The van der Waals surface area contributed by atoms with Crippen molar-refractivity contribution in [3.05, 3.63) is 63.7 Å². The fourth-order valence-corrected chi connectivity index (χ4v) is 2.98. The van der Waals surface area contributed by atoms with Crippen LogP contribution < -0.4 is 4.74 Å². The summed E-state index contributed by atoms with van der Waals surface area (Å²) in [6.45, 7) is 4.14. The predicted molar refractivity (Wildman–Crippen MR) is 81.6 cm³/mol. The molecule has 1 atom stereocenters. The minimum absolute atomic E-state index is 0.204. The minimum atomic E-state index is -0.204. The highest BCUT2D eigenvalue weighted by molar-refractivity contribution is 6.32. The summed E-state index contributed by atoms with van der Waals surface area (Å²) in [5.74, 6) is 0.663. The minimum Gasteiger partial charge on any atom is -0.495 e. The molecular weight excluding hydrogens is 279 g/mol.